The second-order valence-electron chi connectivity index (χ2n) is 7.66. The van der Waals surface area contributed by atoms with Crippen molar-refractivity contribution in [1.82, 2.24) is 9.97 Å². The normalized spacial score (nSPS) is 25.4. The van der Waals surface area contributed by atoms with Crippen LogP contribution in [0.5, 0.6) is 5.75 Å². The SMILES string of the molecule is CC1(COc2ccc3cnc(N[C@H]4CC[C@H](O)CC4)nc3c2)COC1. The predicted octanol–water partition coefficient (Wildman–Crippen LogP) is 2.76. The number of benzene rings is 1. The topological polar surface area (TPSA) is 76.5 Å². The summed E-state index contributed by atoms with van der Waals surface area (Å²) in [5.74, 6) is 1.47. The Hall–Kier alpha value is -1.92. The lowest BCUT2D eigenvalue weighted by molar-refractivity contribution is -0.120. The number of aliphatic hydroxyl groups excluding tert-OH is 1. The number of anilines is 1. The summed E-state index contributed by atoms with van der Waals surface area (Å²) in [6.45, 7) is 4.34. The van der Waals surface area contributed by atoms with Crippen LogP contribution in [-0.4, -0.2) is 47.0 Å². The van der Waals surface area contributed by atoms with E-state index in [1.54, 1.807) is 0 Å². The first kappa shape index (κ1) is 16.5. The van der Waals surface area contributed by atoms with Crippen molar-refractivity contribution in [2.45, 2.75) is 44.8 Å². The van der Waals surface area contributed by atoms with Crippen molar-refractivity contribution in [1.29, 1.82) is 0 Å². The van der Waals surface area contributed by atoms with Gasteiger partial charge in [0.15, 0.2) is 0 Å². The van der Waals surface area contributed by atoms with Crippen molar-refractivity contribution in [3.8, 4) is 5.75 Å². The van der Waals surface area contributed by atoms with Crippen LogP contribution in [0.4, 0.5) is 5.95 Å². The van der Waals surface area contributed by atoms with Crippen LogP contribution in [0.15, 0.2) is 24.4 Å². The maximum absolute atomic E-state index is 9.61. The molecule has 2 aliphatic rings. The third kappa shape index (κ3) is 3.85. The fourth-order valence-corrected chi connectivity index (χ4v) is 3.36. The first-order chi connectivity index (χ1) is 12.1. The lowest BCUT2D eigenvalue weighted by atomic mass is 9.90. The second kappa shape index (κ2) is 6.77. The van der Waals surface area contributed by atoms with E-state index in [1.165, 1.54) is 0 Å². The molecule has 25 heavy (non-hydrogen) atoms. The summed E-state index contributed by atoms with van der Waals surface area (Å²) in [7, 11) is 0. The third-order valence-electron chi connectivity index (χ3n) is 5.07. The minimum atomic E-state index is -0.154. The number of nitrogens with one attached hydrogen (secondary N) is 1. The van der Waals surface area contributed by atoms with Gasteiger partial charge in [0.1, 0.15) is 5.75 Å². The zero-order chi connectivity index (χ0) is 17.3. The van der Waals surface area contributed by atoms with Crippen molar-refractivity contribution in [2.24, 2.45) is 5.41 Å². The number of aromatic nitrogens is 2. The Morgan fingerprint density at radius 1 is 1.28 bits per heavy atom. The zero-order valence-corrected chi connectivity index (χ0v) is 14.6. The number of hydrogen-bond acceptors (Lipinski definition) is 6. The first-order valence-electron chi connectivity index (χ1n) is 9.02. The zero-order valence-electron chi connectivity index (χ0n) is 14.6. The highest BCUT2D eigenvalue weighted by molar-refractivity contribution is 5.80. The molecule has 6 heteroatoms. The number of nitrogens with zero attached hydrogens (tertiary/aromatic N) is 2. The molecule has 0 bridgehead atoms. The van der Waals surface area contributed by atoms with E-state index in [0.717, 1.165) is 55.5 Å². The highest BCUT2D eigenvalue weighted by Gasteiger charge is 2.34. The van der Waals surface area contributed by atoms with Crippen molar-refractivity contribution in [3.63, 3.8) is 0 Å². The van der Waals surface area contributed by atoms with Gasteiger partial charge in [-0.2, -0.15) is 0 Å². The monoisotopic (exact) mass is 343 g/mol. The molecule has 134 valence electrons. The summed E-state index contributed by atoms with van der Waals surface area (Å²) in [4.78, 5) is 9.05. The fourth-order valence-electron chi connectivity index (χ4n) is 3.36. The Labute approximate surface area is 147 Å². The molecule has 1 aliphatic heterocycles. The van der Waals surface area contributed by atoms with E-state index in [1.807, 2.05) is 24.4 Å². The average Bonchev–Trinajstić information content (AvgIpc) is 2.60. The number of ether oxygens (including phenoxy) is 2. The van der Waals surface area contributed by atoms with Crippen LogP contribution >= 0.6 is 0 Å². The van der Waals surface area contributed by atoms with Gasteiger partial charge < -0.3 is 19.9 Å². The quantitative estimate of drug-likeness (QED) is 0.869. The molecular weight excluding hydrogens is 318 g/mol. The van der Waals surface area contributed by atoms with E-state index in [9.17, 15) is 5.11 Å². The van der Waals surface area contributed by atoms with E-state index in [2.05, 4.69) is 22.2 Å². The average molecular weight is 343 g/mol. The number of rotatable bonds is 5. The van der Waals surface area contributed by atoms with Gasteiger partial charge in [-0.3, -0.25) is 0 Å². The van der Waals surface area contributed by atoms with Gasteiger partial charge in [-0.1, -0.05) is 6.92 Å². The van der Waals surface area contributed by atoms with Gasteiger partial charge in [0.25, 0.3) is 0 Å². The highest BCUT2D eigenvalue weighted by atomic mass is 16.5. The Morgan fingerprint density at radius 3 is 2.80 bits per heavy atom. The van der Waals surface area contributed by atoms with E-state index in [-0.39, 0.29) is 11.5 Å². The molecule has 0 radical (unpaired) electrons. The van der Waals surface area contributed by atoms with E-state index in [4.69, 9.17) is 9.47 Å². The maximum Gasteiger partial charge on any atom is 0.223 e. The van der Waals surface area contributed by atoms with Gasteiger partial charge in [-0.05, 0) is 37.8 Å². The molecule has 0 atom stereocenters. The Balaban J connectivity index is 1.44. The van der Waals surface area contributed by atoms with Crippen molar-refractivity contribution >= 4 is 16.9 Å². The summed E-state index contributed by atoms with van der Waals surface area (Å²) in [6, 6.07) is 6.25. The molecule has 1 aliphatic carbocycles. The van der Waals surface area contributed by atoms with Gasteiger partial charge in [-0.15, -0.1) is 0 Å². The van der Waals surface area contributed by atoms with Crippen LogP contribution < -0.4 is 10.1 Å². The maximum atomic E-state index is 9.61. The number of aliphatic hydroxyl groups is 1. The van der Waals surface area contributed by atoms with Crippen LogP contribution in [0.3, 0.4) is 0 Å². The minimum absolute atomic E-state index is 0.124. The van der Waals surface area contributed by atoms with Crippen molar-refractivity contribution in [2.75, 3.05) is 25.1 Å². The lowest BCUT2D eigenvalue weighted by Gasteiger charge is -2.37. The largest absolute Gasteiger partial charge is 0.493 e. The molecule has 0 unspecified atom stereocenters. The van der Waals surface area contributed by atoms with E-state index >= 15 is 0 Å². The van der Waals surface area contributed by atoms with Gasteiger partial charge in [0, 0.05) is 29.1 Å². The first-order valence-corrected chi connectivity index (χ1v) is 9.02. The Bertz CT molecular complexity index is 740. The van der Waals surface area contributed by atoms with Gasteiger partial charge in [0.2, 0.25) is 5.95 Å². The van der Waals surface area contributed by atoms with Crippen molar-refractivity contribution < 1.29 is 14.6 Å². The Morgan fingerprint density at radius 2 is 2.08 bits per heavy atom. The standard InChI is InChI=1S/C19H25N3O3/c1-19(10-24-11-19)12-25-16-7-2-13-9-20-18(22-17(13)8-16)21-14-3-5-15(23)6-4-14/h2,7-9,14-15,23H,3-6,10-12H2,1H3,(H,20,21,22)/t14-,15-. The third-order valence-corrected chi connectivity index (χ3v) is 5.07. The van der Waals surface area contributed by atoms with Crippen LogP contribution in [0, 0.1) is 5.41 Å². The predicted molar refractivity (Wildman–Crippen MR) is 95.8 cm³/mol. The summed E-state index contributed by atoms with van der Waals surface area (Å²) >= 11 is 0. The molecule has 1 aromatic carbocycles. The minimum Gasteiger partial charge on any atom is -0.493 e. The molecule has 4 rings (SSSR count). The van der Waals surface area contributed by atoms with Crippen LogP contribution in [0.2, 0.25) is 0 Å². The van der Waals surface area contributed by atoms with Gasteiger partial charge in [0.05, 0.1) is 31.4 Å². The molecule has 6 nitrogen and oxygen atoms in total. The lowest BCUT2D eigenvalue weighted by Crippen LogP contribution is -2.44. The van der Waals surface area contributed by atoms with E-state index < -0.39 is 0 Å². The molecule has 1 saturated heterocycles. The van der Waals surface area contributed by atoms with Crippen LogP contribution in [-0.2, 0) is 4.74 Å². The summed E-state index contributed by atoms with van der Waals surface area (Å²) in [5, 5.41) is 14.0. The molecule has 1 aromatic heterocycles. The summed E-state index contributed by atoms with van der Waals surface area (Å²) in [5.41, 5.74) is 1.000. The van der Waals surface area contributed by atoms with Crippen molar-refractivity contribution in [3.05, 3.63) is 24.4 Å². The van der Waals surface area contributed by atoms with Gasteiger partial charge in [-0.25, -0.2) is 9.97 Å². The molecule has 2 fully saturated rings. The number of hydrogen-bond donors (Lipinski definition) is 2. The molecular formula is C19H25N3O3. The van der Waals surface area contributed by atoms with Crippen LogP contribution in [0.25, 0.3) is 10.9 Å². The Kier molecular flexibility index (Phi) is 4.48. The highest BCUT2D eigenvalue weighted by Crippen LogP contribution is 2.28. The van der Waals surface area contributed by atoms with Crippen LogP contribution in [0.1, 0.15) is 32.6 Å². The second-order valence-corrected chi connectivity index (χ2v) is 7.66. The molecule has 2 heterocycles. The smallest absolute Gasteiger partial charge is 0.223 e. The molecule has 2 aromatic rings. The molecule has 2 N–H and O–H groups in total. The number of fused-ring (bicyclic) bond motifs is 1. The summed E-state index contributed by atoms with van der Waals surface area (Å²) < 4.78 is 11.2. The molecule has 1 saturated carbocycles. The van der Waals surface area contributed by atoms with E-state index in [0.29, 0.717) is 18.6 Å². The summed E-state index contributed by atoms with van der Waals surface area (Å²) in [6.07, 6.45) is 5.27. The van der Waals surface area contributed by atoms with Gasteiger partial charge >= 0.3 is 0 Å². The fraction of sp³-hybridized carbons (Fsp3) is 0.579. The molecule has 0 amide bonds. The molecule has 0 spiro atoms.